The number of fused-ring (bicyclic) bond motifs is 2. The van der Waals surface area contributed by atoms with Crippen LogP contribution in [0.4, 0.5) is 19.4 Å². The standard InChI is InChI=1S/C29H30ClF2N7O3/c1-15(12-33)39(29(41)42-14-16-5-3-2-4-6-16)27-25(32)24(30)23(20-13-34-36-26(20)27)17-7-8-38-18(9-17)10-22(37-38)35-28(40)19-11-21(19)31/h2-10,15,19-21,23-27,34,36H,11,13-14H2,1H3,(H,35,37,40)/t15?,19-,20?,21+,23?,24?,25?,26?,27?/m1/s1. The molecule has 13 heteroatoms. The quantitative estimate of drug-likeness (QED) is 0.355. The fourth-order valence-corrected chi connectivity index (χ4v) is 6.61. The Bertz CT molecular complexity index is 1520. The van der Waals surface area contributed by atoms with Gasteiger partial charge in [-0.2, -0.15) is 10.4 Å². The highest BCUT2D eigenvalue weighted by Gasteiger charge is 2.56. The molecule has 3 aromatic rings. The van der Waals surface area contributed by atoms with Crippen molar-refractivity contribution >= 4 is 34.9 Å². The van der Waals surface area contributed by atoms with Crippen molar-refractivity contribution in [1.82, 2.24) is 25.4 Å². The van der Waals surface area contributed by atoms with Crippen LogP contribution in [0.2, 0.25) is 0 Å². The zero-order chi connectivity index (χ0) is 29.5. The molecule has 7 unspecified atom stereocenters. The van der Waals surface area contributed by atoms with Gasteiger partial charge in [-0.15, -0.1) is 11.6 Å². The van der Waals surface area contributed by atoms with E-state index in [0.717, 1.165) is 16.0 Å². The number of pyridine rings is 1. The van der Waals surface area contributed by atoms with Gasteiger partial charge in [-0.25, -0.2) is 18.1 Å². The number of carbonyl (C=O) groups excluding carboxylic acids is 2. The van der Waals surface area contributed by atoms with E-state index >= 15 is 4.39 Å². The minimum atomic E-state index is -1.70. The summed E-state index contributed by atoms with van der Waals surface area (Å²) in [6.07, 6.45) is -1.69. The summed E-state index contributed by atoms with van der Waals surface area (Å²) in [5, 5.41) is 15.7. The van der Waals surface area contributed by atoms with Crippen molar-refractivity contribution in [1.29, 1.82) is 5.26 Å². The number of hydrogen-bond acceptors (Lipinski definition) is 7. The SMILES string of the molecule is CC(C#N)N(C(=O)OCc1ccccc1)C1C(F)C(Cl)C(c2ccn3nc(NC(=O)[C@@H]4C[C@@H]4F)cc3c2)C2CNNC21. The van der Waals surface area contributed by atoms with Crippen LogP contribution < -0.4 is 16.2 Å². The molecule has 1 aliphatic heterocycles. The summed E-state index contributed by atoms with van der Waals surface area (Å²) in [4.78, 5) is 26.7. The predicted octanol–water partition coefficient (Wildman–Crippen LogP) is 3.69. The van der Waals surface area contributed by atoms with Crippen LogP contribution >= 0.6 is 11.6 Å². The van der Waals surface area contributed by atoms with Gasteiger partial charge in [0.2, 0.25) is 5.91 Å². The minimum absolute atomic E-state index is 0.0203. The second-order valence-electron chi connectivity index (χ2n) is 11.1. The third kappa shape index (κ3) is 5.28. The van der Waals surface area contributed by atoms with Gasteiger partial charge < -0.3 is 10.1 Å². The van der Waals surface area contributed by atoms with E-state index in [1.165, 1.54) is 6.92 Å². The number of benzene rings is 1. The van der Waals surface area contributed by atoms with Gasteiger partial charge in [0.25, 0.3) is 0 Å². The van der Waals surface area contributed by atoms with E-state index in [9.17, 15) is 19.2 Å². The third-order valence-electron chi connectivity index (χ3n) is 8.38. The van der Waals surface area contributed by atoms with Gasteiger partial charge in [-0.05, 0) is 42.5 Å². The van der Waals surface area contributed by atoms with E-state index in [4.69, 9.17) is 16.3 Å². The number of rotatable bonds is 7. The Labute approximate surface area is 245 Å². The summed E-state index contributed by atoms with van der Waals surface area (Å²) in [6, 6.07) is 13.9. The average Bonchev–Trinajstić information content (AvgIpc) is 3.34. The van der Waals surface area contributed by atoms with Gasteiger partial charge >= 0.3 is 6.09 Å². The van der Waals surface area contributed by atoms with Gasteiger partial charge in [0, 0.05) is 30.8 Å². The predicted molar refractivity (Wildman–Crippen MR) is 150 cm³/mol. The largest absolute Gasteiger partial charge is 0.445 e. The Kier molecular flexibility index (Phi) is 7.74. The van der Waals surface area contributed by atoms with E-state index in [2.05, 4.69) is 27.3 Å². The van der Waals surface area contributed by atoms with Crippen LogP contribution in [-0.4, -0.2) is 68.9 Å². The number of anilines is 1. The lowest BCUT2D eigenvalue weighted by Crippen LogP contribution is -2.65. The number of nitrogens with one attached hydrogen (secondary N) is 3. The van der Waals surface area contributed by atoms with Crippen molar-refractivity contribution in [3.63, 3.8) is 0 Å². The maximum Gasteiger partial charge on any atom is 0.411 e. The van der Waals surface area contributed by atoms with Crippen molar-refractivity contribution in [3.8, 4) is 6.07 Å². The maximum absolute atomic E-state index is 16.4. The average molecular weight is 598 g/mol. The molecule has 42 heavy (non-hydrogen) atoms. The lowest BCUT2D eigenvalue weighted by atomic mass is 9.69. The molecule has 3 N–H and O–H groups in total. The third-order valence-corrected chi connectivity index (χ3v) is 8.90. The summed E-state index contributed by atoms with van der Waals surface area (Å²) < 4.78 is 36.8. The molecule has 0 bridgehead atoms. The van der Waals surface area contributed by atoms with Gasteiger partial charge in [0.15, 0.2) is 5.82 Å². The number of hydrogen-bond donors (Lipinski definition) is 3. The molecule has 2 amide bonds. The number of hydrazine groups is 1. The highest BCUT2D eigenvalue weighted by Crippen LogP contribution is 2.46. The van der Waals surface area contributed by atoms with Gasteiger partial charge in [-0.1, -0.05) is 30.3 Å². The summed E-state index contributed by atoms with van der Waals surface area (Å²) in [6.45, 7) is 1.96. The molecule has 1 saturated heterocycles. The van der Waals surface area contributed by atoms with Crippen molar-refractivity contribution in [2.75, 3.05) is 11.9 Å². The van der Waals surface area contributed by atoms with Crippen LogP contribution in [0.3, 0.4) is 0 Å². The second-order valence-corrected chi connectivity index (χ2v) is 11.6. The first-order valence-corrected chi connectivity index (χ1v) is 14.3. The van der Waals surface area contributed by atoms with Crippen LogP contribution in [0, 0.1) is 23.2 Å². The molecule has 220 valence electrons. The van der Waals surface area contributed by atoms with Crippen molar-refractivity contribution in [3.05, 3.63) is 65.9 Å². The number of halogens is 3. The minimum Gasteiger partial charge on any atom is -0.445 e. The van der Waals surface area contributed by atoms with E-state index in [-0.39, 0.29) is 18.9 Å². The maximum atomic E-state index is 16.4. The topological polar surface area (TPSA) is 124 Å². The lowest BCUT2D eigenvalue weighted by Gasteiger charge is -2.48. The molecule has 0 radical (unpaired) electrons. The molecule has 6 rings (SSSR count). The first kappa shape index (κ1) is 28.3. The highest BCUT2D eigenvalue weighted by atomic mass is 35.5. The summed E-state index contributed by atoms with van der Waals surface area (Å²) in [7, 11) is 0. The first-order chi connectivity index (χ1) is 20.3. The molecule has 10 nitrogen and oxygen atoms in total. The molecule has 0 spiro atoms. The first-order valence-electron chi connectivity index (χ1n) is 13.9. The number of nitriles is 1. The molecule has 9 atom stereocenters. The second kappa shape index (κ2) is 11.5. The molecular weight excluding hydrogens is 568 g/mol. The zero-order valence-corrected chi connectivity index (χ0v) is 23.4. The number of amides is 2. The molecule has 1 aromatic carbocycles. The number of nitrogens with zero attached hydrogens (tertiary/aromatic N) is 4. The van der Waals surface area contributed by atoms with Crippen molar-refractivity contribution in [2.45, 2.75) is 61.7 Å². The van der Waals surface area contributed by atoms with Crippen LogP contribution in [0.15, 0.2) is 54.7 Å². The number of aromatic nitrogens is 2. The fourth-order valence-electron chi connectivity index (χ4n) is 6.12. The van der Waals surface area contributed by atoms with Crippen LogP contribution in [0.1, 0.15) is 30.4 Å². The lowest BCUT2D eigenvalue weighted by molar-refractivity contribution is -0.117. The number of carbonyl (C=O) groups is 2. The van der Waals surface area contributed by atoms with E-state index in [1.807, 2.05) is 36.4 Å². The number of alkyl halides is 3. The van der Waals surface area contributed by atoms with Crippen molar-refractivity contribution in [2.24, 2.45) is 11.8 Å². The highest BCUT2D eigenvalue weighted by molar-refractivity contribution is 6.21. The Balaban J connectivity index is 1.24. The van der Waals surface area contributed by atoms with E-state index < -0.39 is 59.7 Å². The van der Waals surface area contributed by atoms with E-state index in [1.54, 1.807) is 22.8 Å². The van der Waals surface area contributed by atoms with E-state index in [0.29, 0.717) is 17.9 Å². The number of ether oxygens (including phenoxy) is 1. The zero-order valence-electron chi connectivity index (χ0n) is 22.7. The Morgan fingerprint density at radius 3 is 2.76 bits per heavy atom. The molecule has 2 aliphatic carbocycles. The van der Waals surface area contributed by atoms with Crippen molar-refractivity contribution < 1.29 is 23.1 Å². The Hall–Kier alpha value is -3.79. The van der Waals surface area contributed by atoms with Crippen LogP contribution in [0.5, 0.6) is 0 Å². The smallest absolute Gasteiger partial charge is 0.411 e. The van der Waals surface area contributed by atoms with Gasteiger partial charge in [-0.3, -0.25) is 20.5 Å². The van der Waals surface area contributed by atoms with Gasteiger partial charge in [0.1, 0.15) is 25.0 Å². The Morgan fingerprint density at radius 1 is 1.29 bits per heavy atom. The molecule has 2 saturated carbocycles. The molecule has 3 fully saturated rings. The molecule has 3 heterocycles. The molecule has 2 aromatic heterocycles. The summed E-state index contributed by atoms with van der Waals surface area (Å²) >= 11 is 6.87. The summed E-state index contributed by atoms with van der Waals surface area (Å²) in [5.74, 6) is -1.45. The summed E-state index contributed by atoms with van der Waals surface area (Å²) in [5.41, 5.74) is 8.40. The fraction of sp³-hybridized carbons (Fsp3) is 0.448. The Morgan fingerprint density at radius 2 is 2.05 bits per heavy atom. The van der Waals surface area contributed by atoms with Crippen LogP contribution in [-0.2, 0) is 16.1 Å². The van der Waals surface area contributed by atoms with Gasteiger partial charge in [0.05, 0.1) is 28.9 Å². The molecule has 3 aliphatic rings. The normalized spacial score (nSPS) is 30.6. The monoisotopic (exact) mass is 597 g/mol. The molecular formula is C29H30ClF2N7O3. The van der Waals surface area contributed by atoms with Crippen LogP contribution in [0.25, 0.3) is 5.52 Å².